The van der Waals surface area contributed by atoms with E-state index in [0.717, 1.165) is 24.1 Å². The molecule has 4 nitrogen and oxygen atoms in total. The van der Waals surface area contributed by atoms with Crippen LogP contribution in [-0.2, 0) is 13.6 Å². The van der Waals surface area contributed by atoms with Crippen molar-refractivity contribution in [2.75, 3.05) is 7.05 Å². The summed E-state index contributed by atoms with van der Waals surface area (Å²) in [5.41, 5.74) is 1.62. The number of hydrogen-bond donors (Lipinski definition) is 0. The van der Waals surface area contributed by atoms with Crippen LogP contribution in [0.5, 0.6) is 0 Å². The molecule has 1 aliphatic carbocycles. The lowest BCUT2D eigenvalue weighted by molar-refractivity contribution is 0.112. The van der Waals surface area contributed by atoms with E-state index in [4.69, 9.17) is 0 Å². The first kappa shape index (κ1) is 12.3. The summed E-state index contributed by atoms with van der Waals surface area (Å²) in [4.78, 5) is 13.3. The zero-order chi connectivity index (χ0) is 12.3. The van der Waals surface area contributed by atoms with E-state index in [2.05, 4.69) is 17.0 Å². The van der Waals surface area contributed by atoms with Gasteiger partial charge in [-0.15, -0.1) is 0 Å². The van der Waals surface area contributed by atoms with E-state index >= 15 is 0 Å². The SMILES string of the molecule is CN(Cc1nn(C)cc1C=O)C1CCCCC1. The third-order valence-corrected chi connectivity index (χ3v) is 3.66. The Morgan fingerprint density at radius 3 is 2.82 bits per heavy atom. The predicted molar refractivity (Wildman–Crippen MR) is 66.9 cm³/mol. The standard InChI is InChI=1S/C13H21N3O/c1-15(12-6-4-3-5-7-12)9-13-11(10-17)8-16(2)14-13/h8,10,12H,3-7,9H2,1-2H3. The number of hydrogen-bond acceptors (Lipinski definition) is 3. The van der Waals surface area contributed by atoms with Crippen molar-refractivity contribution in [3.8, 4) is 0 Å². The molecular formula is C13H21N3O. The van der Waals surface area contributed by atoms with Gasteiger partial charge >= 0.3 is 0 Å². The van der Waals surface area contributed by atoms with Gasteiger partial charge in [-0.1, -0.05) is 19.3 Å². The molecule has 94 valence electrons. The molecule has 1 fully saturated rings. The number of aryl methyl sites for hydroxylation is 1. The third kappa shape index (κ3) is 2.94. The summed E-state index contributed by atoms with van der Waals surface area (Å²) in [5, 5.41) is 4.36. The fraction of sp³-hybridized carbons (Fsp3) is 0.692. The maximum Gasteiger partial charge on any atom is 0.153 e. The van der Waals surface area contributed by atoms with Gasteiger partial charge in [0.2, 0.25) is 0 Å². The molecule has 0 spiro atoms. The Balaban J connectivity index is 2.01. The van der Waals surface area contributed by atoms with Gasteiger partial charge in [-0.2, -0.15) is 5.10 Å². The minimum Gasteiger partial charge on any atom is -0.298 e. The molecule has 0 atom stereocenters. The summed E-state index contributed by atoms with van der Waals surface area (Å²) in [6.45, 7) is 0.777. The summed E-state index contributed by atoms with van der Waals surface area (Å²) in [5.74, 6) is 0. The van der Waals surface area contributed by atoms with Crippen molar-refractivity contribution < 1.29 is 4.79 Å². The second-order valence-electron chi connectivity index (χ2n) is 5.03. The number of carbonyl (C=O) groups excluding carboxylic acids is 1. The number of rotatable bonds is 4. The highest BCUT2D eigenvalue weighted by Crippen LogP contribution is 2.22. The van der Waals surface area contributed by atoms with Gasteiger partial charge in [-0.25, -0.2) is 0 Å². The van der Waals surface area contributed by atoms with Crippen LogP contribution in [0.4, 0.5) is 0 Å². The normalized spacial score (nSPS) is 17.6. The van der Waals surface area contributed by atoms with Crippen LogP contribution >= 0.6 is 0 Å². The maximum absolute atomic E-state index is 10.9. The molecule has 0 saturated heterocycles. The van der Waals surface area contributed by atoms with E-state index in [9.17, 15) is 4.79 Å². The monoisotopic (exact) mass is 235 g/mol. The van der Waals surface area contributed by atoms with Gasteiger partial charge in [0.1, 0.15) is 0 Å². The molecule has 0 radical (unpaired) electrons. The Labute approximate surface area is 103 Å². The zero-order valence-corrected chi connectivity index (χ0v) is 10.7. The Morgan fingerprint density at radius 2 is 2.18 bits per heavy atom. The van der Waals surface area contributed by atoms with E-state index in [-0.39, 0.29) is 0 Å². The summed E-state index contributed by atoms with van der Waals surface area (Å²) < 4.78 is 1.72. The zero-order valence-electron chi connectivity index (χ0n) is 10.7. The van der Waals surface area contributed by atoms with Crippen molar-refractivity contribution in [3.63, 3.8) is 0 Å². The fourth-order valence-electron chi connectivity index (χ4n) is 2.66. The third-order valence-electron chi connectivity index (χ3n) is 3.66. The lowest BCUT2D eigenvalue weighted by Crippen LogP contribution is -2.33. The lowest BCUT2D eigenvalue weighted by atomic mass is 9.94. The van der Waals surface area contributed by atoms with Crippen LogP contribution in [0, 0.1) is 0 Å². The van der Waals surface area contributed by atoms with Gasteiger partial charge in [0.25, 0.3) is 0 Å². The molecule has 0 amide bonds. The number of aldehydes is 1. The molecule has 0 unspecified atom stereocenters. The van der Waals surface area contributed by atoms with Crippen LogP contribution in [0.15, 0.2) is 6.20 Å². The lowest BCUT2D eigenvalue weighted by Gasteiger charge is -2.30. The van der Waals surface area contributed by atoms with Gasteiger partial charge < -0.3 is 0 Å². The molecule has 17 heavy (non-hydrogen) atoms. The first-order valence-electron chi connectivity index (χ1n) is 6.38. The van der Waals surface area contributed by atoms with Gasteiger partial charge in [0.15, 0.2) is 6.29 Å². The van der Waals surface area contributed by atoms with Crippen molar-refractivity contribution in [3.05, 3.63) is 17.5 Å². The molecule has 1 aliphatic rings. The predicted octanol–water partition coefficient (Wildman–Crippen LogP) is 2.00. The van der Waals surface area contributed by atoms with E-state index < -0.39 is 0 Å². The van der Waals surface area contributed by atoms with Crippen LogP contribution in [0.3, 0.4) is 0 Å². The molecule has 1 saturated carbocycles. The molecular weight excluding hydrogens is 214 g/mol. The van der Waals surface area contributed by atoms with Crippen molar-refractivity contribution in [1.82, 2.24) is 14.7 Å². The largest absolute Gasteiger partial charge is 0.298 e. The number of carbonyl (C=O) groups is 1. The highest BCUT2D eigenvalue weighted by Gasteiger charge is 2.19. The van der Waals surface area contributed by atoms with Crippen LogP contribution < -0.4 is 0 Å². The highest BCUT2D eigenvalue weighted by molar-refractivity contribution is 5.75. The van der Waals surface area contributed by atoms with Gasteiger partial charge in [-0.3, -0.25) is 14.4 Å². The average Bonchev–Trinajstić information content (AvgIpc) is 2.70. The number of aromatic nitrogens is 2. The van der Waals surface area contributed by atoms with Crippen molar-refractivity contribution >= 4 is 6.29 Å². The van der Waals surface area contributed by atoms with E-state index in [0.29, 0.717) is 6.04 Å². The first-order chi connectivity index (χ1) is 8.20. The molecule has 1 heterocycles. The summed E-state index contributed by atoms with van der Waals surface area (Å²) in [7, 11) is 4.00. The van der Waals surface area contributed by atoms with Crippen LogP contribution in [0.2, 0.25) is 0 Å². The summed E-state index contributed by atoms with van der Waals surface area (Å²) >= 11 is 0. The Hall–Kier alpha value is -1.16. The van der Waals surface area contributed by atoms with Crippen LogP contribution in [-0.4, -0.2) is 34.1 Å². The molecule has 0 aliphatic heterocycles. The van der Waals surface area contributed by atoms with Crippen molar-refractivity contribution in [2.24, 2.45) is 7.05 Å². The highest BCUT2D eigenvalue weighted by atomic mass is 16.1. The molecule has 1 aromatic heterocycles. The Bertz CT molecular complexity index is 380. The number of nitrogens with zero attached hydrogens (tertiary/aromatic N) is 3. The van der Waals surface area contributed by atoms with Gasteiger partial charge in [0.05, 0.1) is 11.3 Å². The molecule has 0 aromatic carbocycles. The molecule has 4 heteroatoms. The molecule has 1 aromatic rings. The van der Waals surface area contributed by atoms with E-state index in [1.165, 1.54) is 32.1 Å². The molecule has 2 rings (SSSR count). The second-order valence-corrected chi connectivity index (χ2v) is 5.03. The smallest absolute Gasteiger partial charge is 0.153 e. The maximum atomic E-state index is 10.9. The topological polar surface area (TPSA) is 38.1 Å². The summed E-state index contributed by atoms with van der Waals surface area (Å²) in [6.07, 6.45) is 9.27. The van der Waals surface area contributed by atoms with Crippen molar-refractivity contribution in [1.29, 1.82) is 0 Å². The average molecular weight is 235 g/mol. The van der Waals surface area contributed by atoms with Gasteiger partial charge in [-0.05, 0) is 19.9 Å². The first-order valence-corrected chi connectivity index (χ1v) is 6.38. The molecule has 0 N–H and O–H groups in total. The van der Waals surface area contributed by atoms with E-state index in [1.807, 2.05) is 7.05 Å². The quantitative estimate of drug-likeness (QED) is 0.749. The summed E-state index contributed by atoms with van der Waals surface area (Å²) in [6, 6.07) is 0.658. The molecule has 0 bridgehead atoms. The van der Waals surface area contributed by atoms with Crippen LogP contribution in [0.25, 0.3) is 0 Å². The minimum atomic E-state index is 0.658. The Morgan fingerprint density at radius 1 is 1.47 bits per heavy atom. The fourth-order valence-corrected chi connectivity index (χ4v) is 2.66. The second kappa shape index (κ2) is 5.45. The van der Waals surface area contributed by atoms with E-state index in [1.54, 1.807) is 10.9 Å². The van der Waals surface area contributed by atoms with Gasteiger partial charge in [0, 0.05) is 25.8 Å². The Kier molecular flexibility index (Phi) is 3.94. The van der Waals surface area contributed by atoms with Crippen LogP contribution in [0.1, 0.15) is 48.2 Å². The van der Waals surface area contributed by atoms with Crippen molar-refractivity contribution in [2.45, 2.75) is 44.7 Å². The minimum absolute atomic E-state index is 0.658.